The van der Waals surface area contributed by atoms with Gasteiger partial charge in [-0.25, -0.2) is 4.39 Å². The number of benzene rings is 2. The summed E-state index contributed by atoms with van der Waals surface area (Å²) in [5.74, 6) is -1.12. The molecule has 0 aliphatic rings. The number of anilines is 1. The van der Waals surface area contributed by atoms with Gasteiger partial charge in [0.15, 0.2) is 11.6 Å². The molecule has 3 N–H and O–H groups in total. The van der Waals surface area contributed by atoms with E-state index in [1.807, 2.05) is 18.2 Å². The Kier molecular flexibility index (Phi) is 4.93. The lowest BCUT2D eigenvalue weighted by atomic mass is 10.1. The van der Waals surface area contributed by atoms with Crippen LogP contribution >= 0.6 is 0 Å². The van der Waals surface area contributed by atoms with Gasteiger partial charge in [0.1, 0.15) is 0 Å². The monoisotopic (exact) mass is 245 g/mol. The summed E-state index contributed by atoms with van der Waals surface area (Å²) in [5, 5.41) is 8.88. The van der Waals surface area contributed by atoms with Crippen LogP contribution in [0.25, 0.3) is 6.08 Å². The van der Waals surface area contributed by atoms with Crippen LogP contribution in [-0.2, 0) is 0 Å². The maximum Gasteiger partial charge on any atom is 0.166 e. The number of hydrogen-bond donors (Lipinski definition) is 2. The van der Waals surface area contributed by atoms with Crippen molar-refractivity contribution >= 4 is 11.8 Å². The molecule has 0 aliphatic heterocycles. The molecule has 0 saturated carbocycles. The summed E-state index contributed by atoms with van der Waals surface area (Å²) >= 11 is 0. The van der Waals surface area contributed by atoms with Gasteiger partial charge in [-0.2, -0.15) is 0 Å². The van der Waals surface area contributed by atoms with E-state index in [1.54, 1.807) is 0 Å². The lowest BCUT2D eigenvalue weighted by Gasteiger charge is -2.01. The van der Waals surface area contributed by atoms with Crippen LogP contribution in [-0.4, -0.2) is 5.11 Å². The molecule has 3 heteroatoms. The quantitative estimate of drug-likeness (QED) is 0.593. The van der Waals surface area contributed by atoms with Crippen molar-refractivity contribution in [3.8, 4) is 5.75 Å². The second-order valence-corrected chi connectivity index (χ2v) is 3.79. The van der Waals surface area contributed by atoms with E-state index < -0.39 is 11.6 Å². The van der Waals surface area contributed by atoms with E-state index in [-0.39, 0.29) is 5.69 Å². The lowest BCUT2D eigenvalue weighted by Crippen LogP contribution is -1.90. The van der Waals surface area contributed by atoms with Gasteiger partial charge in [-0.05, 0) is 13.0 Å². The smallest absolute Gasteiger partial charge is 0.166 e. The van der Waals surface area contributed by atoms with Gasteiger partial charge in [0, 0.05) is 17.3 Å². The Labute approximate surface area is 106 Å². The third-order valence-electron chi connectivity index (χ3n) is 2.31. The SMILES string of the molecule is C=Cc1cc(O)c(F)cc1N.Cc1ccccc1. The van der Waals surface area contributed by atoms with Crippen molar-refractivity contribution in [2.45, 2.75) is 6.92 Å². The zero-order valence-electron chi connectivity index (χ0n) is 10.2. The van der Waals surface area contributed by atoms with Crippen molar-refractivity contribution in [1.82, 2.24) is 0 Å². The van der Waals surface area contributed by atoms with Gasteiger partial charge in [0.2, 0.25) is 0 Å². The first-order valence-electron chi connectivity index (χ1n) is 5.46. The van der Waals surface area contributed by atoms with Crippen LogP contribution in [0.15, 0.2) is 49.0 Å². The van der Waals surface area contributed by atoms with Crippen LogP contribution < -0.4 is 5.73 Å². The number of phenols is 1. The zero-order valence-corrected chi connectivity index (χ0v) is 10.2. The molecule has 18 heavy (non-hydrogen) atoms. The Morgan fingerprint density at radius 2 is 1.83 bits per heavy atom. The number of rotatable bonds is 1. The van der Waals surface area contributed by atoms with Crippen molar-refractivity contribution in [3.63, 3.8) is 0 Å². The summed E-state index contributed by atoms with van der Waals surface area (Å²) in [5.41, 5.74) is 7.51. The highest BCUT2D eigenvalue weighted by molar-refractivity contribution is 5.65. The van der Waals surface area contributed by atoms with Gasteiger partial charge in [0.05, 0.1) is 0 Å². The molecule has 0 unspecified atom stereocenters. The first-order valence-corrected chi connectivity index (χ1v) is 5.46. The molecule has 0 aromatic heterocycles. The first kappa shape index (κ1) is 13.8. The largest absolute Gasteiger partial charge is 0.505 e. The van der Waals surface area contributed by atoms with Gasteiger partial charge >= 0.3 is 0 Å². The van der Waals surface area contributed by atoms with E-state index in [0.717, 1.165) is 6.07 Å². The van der Waals surface area contributed by atoms with E-state index >= 15 is 0 Å². The molecular formula is C15H16FNO. The van der Waals surface area contributed by atoms with E-state index in [9.17, 15) is 4.39 Å². The highest BCUT2D eigenvalue weighted by Crippen LogP contribution is 2.23. The Hall–Kier alpha value is -2.29. The molecule has 0 amide bonds. The number of aromatic hydroxyl groups is 1. The molecule has 2 rings (SSSR count). The lowest BCUT2D eigenvalue weighted by molar-refractivity contribution is 0.432. The normalized spacial score (nSPS) is 9.22. The summed E-state index contributed by atoms with van der Waals surface area (Å²) in [6.07, 6.45) is 1.45. The highest BCUT2D eigenvalue weighted by Gasteiger charge is 2.03. The zero-order chi connectivity index (χ0) is 13.5. The maximum atomic E-state index is 12.5. The average Bonchev–Trinajstić information content (AvgIpc) is 2.35. The van der Waals surface area contributed by atoms with Crippen LogP contribution in [0.4, 0.5) is 10.1 Å². The van der Waals surface area contributed by atoms with Crippen molar-refractivity contribution in [1.29, 1.82) is 0 Å². The minimum atomic E-state index is -0.715. The summed E-state index contributed by atoms with van der Waals surface area (Å²) in [6, 6.07) is 12.6. The topological polar surface area (TPSA) is 46.2 Å². The van der Waals surface area contributed by atoms with Crippen molar-refractivity contribution in [2.24, 2.45) is 0 Å². The van der Waals surface area contributed by atoms with Gasteiger partial charge in [0.25, 0.3) is 0 Å². The summed E-state index contributed by atoms with van der Waals surface area (Å²) in [7, 11) is 0. The Bertz CT molecular complexity index is 524. The van der Waals surface area contributed by atoms with E-state index in [4.69, 9.17) is 10.8 Å². The minimum absolute atomic E-state index is 0.273. The second-order valence-electron chi connectivity index (χ2n) is 3.79. The van der Waals surface area contributed by atoms with Crippen molar-refractivity contribution in [2.75, 3.05) is 5.73 Å². The molecule has 2 aromatic carbocycles. The van der Waals surface area contributed by atoms with Crippen LogP contribution in [0.2, 0.25) is 0 Å². The number of phenolic OH excluding ortho intramolecular Hbond substituents is 1. The van der Waals surface area contributed by atoms with E-state index in [1.165, 1.54) is 17.7 Å². The molecule has 94 valence electrons. The van der Waals surface area contributed by atoms with Crippen LogP contribution in [0.5, 0.6) is 5.75 Å². The number of nitrogens with two attached hydrogens (primary N) is 1. The van der Waals surface area contributed by atoms with Crippen LogP contribution in [0, 0.1) is 12.7 Å². The summed E-state index contributed by atoms with van der Waals surface area (Å²) in [6.45, 7) is 5.53. The minimum Gasteiger partial charge on any atom is -0.505 e. The van der Waals surface area contributed by atoms with Crippen LogP contribution in [0.3, 0.4) is 0 Å². The van der Waals surface area contributed by atoms with Gasteiger partial charge < -0.3 is 10.8 Å². The maximum absolute atomic E-state index is 12.5. The number of halogens is 1. The molecule has 0 spiro atoms. The molecule has 0 aliphatic carbocycles. The molecule has 2 aromatic rings. The Morgan fingerprint density at radius 1 is 1.22 bits per heavy atom. The van der Waals surface area contributed by atoms with Crippen LogP contribution in [0.1, 0.15) is 11.1 Å². The van der Waals surface area contributed by atoms with Crippen molar-refractivity contribution < 1.29 is 9.50 Å². The third kappa shape index (κ3) is 3.94. The molecule has 0 atom stereocenters. The van der Waals surface area contributed by atoms with Crippen molar-refractivity contribution in [3.05, 3.63) is 66.0 Å². The predicted octanol–water partition coefficient (Wildman–Crippen LogP) is 3.75. The predicted molar refractivity (Wildman–Crippen MR) is 73.7 cm³/mol. The van der Waals surface area contributed by atoms with Gasteiger partial charge in [-0.1, -0.05) is 48.6 Å². The molecule has 0 radical (unpaired) electrons. The third-order valence-corrected chi connectivity index (χ3v) is 2.31. The molecule has 0 saturated heterocycles. The number of aryl methyl sites for hydroxylation is 1. The standard InChI is InChI=1S/C8H8FNO.C7H8/c1-2-5-3-8(11)6(9)4-7(5)10;1-7-5-3-2-4-6-7/h2-4,11H,1,10H2;2-6H,1H3. The van der Waals surface area contributed by atoms with E-state index in [2.05, 4.69) is 25.6 Å². The number of nitrogen functional groups attached to an aromatic ring is 1. The fourth-order valence-corrected chi connectivity index (χ4v) is 1.30. The van der Waals surface area contributed by atoms with Gasteiger partial charge in [-0.3, -0.25) is 0 Å². The van der Waals surface area contributed by atoms with Gasteiger partial charge in [-0.15, -0.1) is 0 Å². The second kappa shape index (κ2) is 6.45. The fourth-order valence-electron chi connectivity index (χ4n) is 1.30. The molecule has 2 nitrogen and oxygen atoms in total. The Morgan fingerprint density at radius 3 is 2.28 bits per heavy atom. The summed E-state index contributed by atoms with van der Waals surface area (Å²) < 4.78 is 12.5. The molecule has 0 heterocycles. The highest BCUT2D eigenvalue weighted by atomic mass is 19.1. The fraction of sp³-hybridized carbons (Fsp3) is 0.0667. The van der Waals surface area contributed by atoms with E-state index in [0.29, 0.717) is 5.56 Å². The molecule has 0 bridgehead atoms. The summed E-state index contributed by atoms with van der Waals surface area (Å²) in [4.78, 5) is 0. The Balaban J connectivity index is 0.000000199. The number of hydrogen-bond acceptors (Lipinski definition) is 2. The first-order chi connectivity index (χ1) is 8.54. The molecule has 0 fully saturated rings. The molecular weight excluding hydrogens is 229 g/mol. The average molecular weight is 245 g/mol.